The molecule has 0 unspecified atom stereocenters. The van der Waals surface area contributed by atoms with Crippen molar-refractivity contribution in [2.75, 3.05) is 10.8 Å². The number of aromatic nitrogens is 1. The average molecular weight is 393 g/mol. The summed E-state index contributed by atoms with van der Waals surface area (Å²) in [5.74, 6) is -0.277. The molecule has 4 rings (SSSR count). The monoisotopic (exact) mass is 393 g/mol. The van der Waals surface area contributed by atoms with Gasteiger partial charge in [-0.2, -0.15) is 0 Å². The molecule has 1 aliphatic heterocycles. The van der Waals surface area contributed by atoms with Crippen LogP contribution in [0.4, 0.5) is 5.69 Å². The number of carbonyl (C=O) groups excluding carboxylic acids is 1. The lowest BCUT2D eigenvalue weighted by atomic mass is 10.2. The minimum Gasteiger partial charge on any atom is -0.346 e. The molecule has 3 aromatic rings. The molecular formula is C21H19N3O3S. The van der Waals surface area contributed by atoms with Crippen molar-refractivity contribution in [3.63, 3.8) is 0 Å². The lowest BCUT2D eigenvalue weighted by Gasteiger charge is -2.19. The number of amides is 1. The highest BCUT2D eigenvalue weighted by Gasteiger charge is 2.30. The molecule has 2 aromatic carbocycles. The van der Waals surface area contributed by atoms with E-state index in [0.29, 0.717) is 25.1 Å². The SMILES string of the molecule is O=C(NCc1ccccn1)c1ccc(S(=O)(=O)N2CCc3ccccc32)cc1. The molecule has 0 bridgehead atoms. The summed E-state index contributed by atoms with van der Waals surface area (Å²) in [5, 5.41) is 2.78. The third-order valence-corrected chi connectivity index (χ3v) is 6.53. The van der Waals surface area contributed by atoms with Crippen LogP contribution in [0.3, 0.4) is 0 Å². The summed E-state index contributed by atoms with van der Waals surface area (Å²) in [6.45, 7) is 0.734. The van der Waals surface area contributed by atoms with Crippen LogP contribution in [0.15, 0.2) is 77.8 Å². The predicted octanol–water partition coefficient (Wildman–Crippen LogP) is 2.76. The van der Waals surface area contributed by atoms with Crippen LogP contribution in [-0.2, 0) is 23.0 Å². The second-order valence-corrected chi connectivity index (χ2v) is 8.35. The Bertz CT molecular complexity index is 1100. The molecule has 1 N–H and O–H groups in total. The Balaban J connectivity index is 1.49. The van der Waals surface area contributed by atoms with E-state index >= 15 is 0 Å². The molecule has 7 heteroatoms. The van der Waals surface area contributed by atoms with E-state index < -0.39 is 10.0 Å². The van der Waals surface area contributed by atoms with Crippen molar-refractivity contribution >= 4 is 21.6 Å². The van der Waals surface area contributed by atoms with Crippen LogP contribution in [0.2, 0.25) is 0 Å². The van der Waals surface area contributed by atoms with Gasteiger partial charge in [-0.3, -0.25) is 14.1 Å². The van der Waals surface area contributed by atoms with E-state index in [1.165, 1.54) is 28.6 Å². The fourth-order valence-electron chi connectivity index (χ4n) is 3.24. The summed E-state index contributed by atoms with van der Waals surface area (Å²) in [4.78, 5) is 16.6. The maximum atomic E-state index is 13.0. The summed E-state index contributed by atoms with van der Waals surface area (Å²) in [6.07, 6.45) is 2.36. The Kier molecular flexibility index (Phi) is 4.83. The largest absolute Gasteiger partial charge is 0.346 e. The van der Waals surface area contributed by atoms with Crippen molar-refractivity contribution in [1.29, 1.82) is 0 Å². The Hall–Kier alpha value is -3.19. The topological polar surface area (TPSA) is 79.4 Å². The standard InChI is InChI=1S/C21H19N3O3S/c25-21(23-15-18-6-3-4-13-22-18)17-8-10-19(11-9-17)28(26,27)24-14-12-16-5-1-2-7-20(16)24/h1-11,13H,12,14-15H2,(H,23,25). The summed E-state index contributed by atoms with van der Waals surface area (Å²) in [5.41, 5.74) is 2.90. The van der Waals surface area contributed by atoms with Gasteiger partial charge in [-0.1, -0.05) is 24.3 Å². The van der Waals surface area contributed by atoms with E-state index in [1.54, 1.807) is 6.20 Å². The normalized spacial score (nSPS) is 13.2. The number of pyridine rings is 1. The first-order valence-electron chi connectivity index (χ1n) is 8.94. The van der Waals surface area contributed by atoms with Crippen LogP contribution >= 0.6 is 0 Å². The number of para-hydroxylation sites is 1. The molecule has 0 saturated carbocycles. The highest BCUT2D eigenvalue weighted by atomic mass is 32.2. The minimum atomic E-state index is -3.66. The zero-order chi connectivity index (χ0) is 19.6. The van der Waals surface area contributed by atoms with E-state index in [4.69, 9.17) is 0 Å². The Morgan fingerprint density at radius 2 is 1.75 bits per heavy atom. The fraction of sp³-hybridized carbons (Fsp3) is 0.143. The Morgan fingerprint density at radius 3 is 2.50 bits per heavy atom. The second-order valence-electron chi connectivity index (χ2n) is 6.48. The Morgan fingerprint density at radius 1 is 1.00 bits per heavy atom. The first-order valence-corrected chi connectivity index (χ1v) is 10.4. The lowest BCUT2D eigenvalue weighted by Crippen LogP contribution is -2.29. The van der Waals surface area contributed by atoms with Gasteiger partial charge in [0, 0.05) is 18.3 Å². The number of sulfonamides is 1. The number of fused-ring (bicyclic) bond motifs is 1. The van der Waals surface area contributed by atoms with Crippen molar-refractivity contribution in [3.05, 3.63) is 89.7 Å². The molecule has 0 atom stereocenters. The van der Waals surface area contributed by atoms with Gasteiger partial charge in [0.2, 0.25) is 0 Å². The maximum Gasteiger partial charge on any atom is 0.264 e. The summed E-state index contributed by atoms with van der Waals surface area (Å²) < 4.78 is 27.4. The smallest absolute Gasteiger partial charge is 0.264 e. The molecule has 1 aromatic heterocycles. The number of carbonyl (C=O) groups is 1. The quantitative estimate of drug-likeness (QED) is 0.723. The fourth-order valence-corrected chi connectivity index (χ4v) is 4.74. The molecule has 142 valence electrons. The van der Waals surface area contributed by atoms with E-state index in [2.05, 4.69) is 10.3 Å². The van der Waals surface area contributed by atoms with Gasteiger partial charge in [0.15, 0.2) is 0 Å². The Labute approximate surface area is 163 Å². The van der Waals surface area contributed by atoms with Crippen LogP contribution in [0.25, 0.3) is 0 Å². The number of nitrogens with one attached hydrogen (secondary N) is 1. The number of benzene rings is 2. The van der Waals surface area contributed by atoms with Crippen LogP contribution in [0.1, 0.15) is 21.6 Å². The molecule has 6 nitrogen and oxygen atoms in total. The van der Waals surface area contributed by atoms with E-state index in [9.17, 15) is 13.2 Å². The summed E-state index contributed by atoms with van der Waals surface area (Å²) in [6, 6.07) is 19.0. The third kappa shape index (κ3) is 3.48. The van der Waals surface area contributed by atoms with Crippen LogP contribution < -0.4 is 9.62 Å². The average Bonchev–Trinajstić information content (AvgIpc) is 3.18. The maximum absolute atomic E-state index is 13.0. The van der Waals surface area contributed by atoms with Gasteiger partial charge in [0.25, 0.3) is 15.9 Å². The van der Waals surface area contributed by atoms with Crippen LogP contribution in [-0.4, -0.2) is 25.9 Å². The van der Waals surface area contributed by atoms with Crippen molar-refractivity contribution in [3.8, 4) is 0 Å². The van der Waals surface area contributed by atoms with E-state index in [0.717, 1.165) is 16.9 Å². The molecule has 28 heavy (non-hydrogen) atoms. The molecular weight excluding hydrogens is 374 g/mol. The number of rotatable bonds is 5. The number of anilines is 1. The number of hydrogen-bond acceptors (Lipinski definition) is 4. The van der Waals surface area contributed by atoms with Gasteiger partial charge in [-0.05, 0) is 54.4 Å². The first kappa shape index (κ1) is 18.2. The van der Waals surface area contributed by atoms with Gasteiger partial charge >= 0.3 is 0 Å². The molecule has 1 aliphatic rings. The molecule has 2 heterocycles. The molecule has 0 aliphatic carbocycles. The highest BCUT2D eigenvalue weighted by molar-refractivity contribution is 7.92. The molecule has 0 fully saturated rings. The molecule has 0 spiro atoms. The van der Waals surface area contributed by atoms with E-state index in [1.807, 2.05) is 42.5 Å². The van der Waals surface area contributed by atoms with Gasteiger partial charge in [0.1, 0.15) is 0 Å². The number of hydrogen-bond donors (Lipinski definition) is 1. The number of nitrogens with zero attached hydrogens (tertiary/aromatic N) is 2. The van der Waals surface area contributed by atoms with Crippen molar-refractivity contribution < 1.29 is 13.2 Å². The summed E-state index contributed by atoms with van der Waals surface area (Å²) in [7, 11) is -3.66. The summed E-state index contributed by atoms with van der Waals surface area (Å²) >= 11 is 0. The zero-order valence-electron chi connectivity index (χ0n) is 15.1. The van der Waals surface area contributed by atoms with Gasteiger partial charge < -0.3 is 5.32 Å². The minimum absolute atomic E-state index is 0.172. The van der Waals surface area contributed by atoms with Gasteiger partial charge in [-0.15, -0.1) is 0 Å². The van der Waals surface area contributed by atoms with Crippen molar-refractivity contribution in [2.24, 2.45) is 0 Å². The second kappa shape index (κ2) is 7.44. The van der Waals surface area contributed by atoms with Gasteiger partial charge in [-0.25, -0.2) is 8.42 Å². The van der Waals surface area contributed by atoms with Crippen molar-refractivity contribution in [2.45, 2.75) is 17.9 Å². The molecule has 0 radical (unpaired) electrons. The van der Waals surface area contributed by atoms with Crippen LogP contribution in [0, 0.1) is 0 Å². The van der Waals surface area contributed by atoms with E-state index in [-0.39, 0.29) is 10.8 Å². The highest BCUT2D eigenvalue weighted by Crippen LogP contribution is 2.32. The first-order chi connectivity index (χ1) is 13.6. The van der Waals surface area contributed by atoms with Crippen molar-refractivity contribution in [1.82, 2.24) is 10.3 Å². The van der Waals surface area contributed by atoms with Crippen LogP contribution in [0.5, 0.6) is 0 Å². The molecule has 0 saturated heterocycles. The lowest BCUT2D eigenvalue weighted by molar-refractivity contribution is 0.0950. The zero-order valence-corrected chi connectivity index (χ0v) is 15.9. The third-order valence-electron chi connectivity index (χ3n) is 4.71. The van der Waals surface area contributed by atoms with Gasteiger partial charge in [0.05, 0.1) is 22.8 Å². The molecule has 1 amide bonds. The predicted molar refractivity (Wildman–Crippen MR) is 107 cm³/mol.